The van der Waals surface area contributed by atoms with Crippen molar-refractivity contribution in [1.29, 1.82) is 0 Å². The Hall–Kier alpha value is -2.65. The Balaban J connectivity index is 1.09. The first-order valence-corrected chi connectivity index (χ1v) is 18.5. The van der Waals surface area contributed by atoms with Crippen molar-refractivity contribution >= 4 is 72.6 Å². The zero-order valence-electron chi connectivity index (χ0n) is 26.0. The van der Waals surface area contributed by atoms with Crippen LogP contribution in [0.3, 0.4) is 0 Å². The summed E-state index contributed by atoms with van der Waals surface area (Å²) in [7, 11) is 2.17. The molecule has 6 rings (SSSR count). The number of carbonyl (C=O) groups is 3. The van der Waals surface area contributed by atoms with E-state index in [1.54, 1.807) is 21.1 Å². The summed E-state index contributed by atoms with van der Waals surface area (Å²) < 4.78 is 1.48. The van der Waals surface area contributed by atoms with E-state index in [0.717, 1.165) is 59.1 Å². The van der Waals surface area contributed by atoms with Gasteiger partial charge in [-0.15, -0.1) is 0 Å². The molecule has 0 aliphatic carbocycles. The number of hydrogen-bond acceptors (Lipinski definition) is 7. The van der Waals surface area contributed by atoms with E-state index in [4.69, 9.17) is 5.73 Å². The number of nitrogens with zero attached hydrogens (tertiary/aromatic N) is 6. The van der Waals surface area contributed by atoms with Gasteiger partial charge in [0.2, 0.25) is 5.91 Å². The monoisotopic (exact) mass is 775 g/mol. The van der Waals surface area contributed by atoms with Crippen molar-refractivity contribution in [2.75, 3.05) is 65.1 Å². The van der Waals surface area contributed by atoms with E-state index < -0.39 is 6.04 Å². The molecule has 3 fully saturated rings. The molecule has 247 valence electrons. The summed E-state index contributed by atoms with van der Waals surface area (Å²) in [5.74, 6) is -0.0642. The third-order valence-corrected chi connectivity index (χ3v) is 11.7. The number of amides is 5. The highest BCUT2D eigenvalue weighted by molar-refractivity contribution is 9.11. The van der Waals surface area contributed by atoms with Crippen LogP contribution >= 0.6 is 43.2 Å². The lowest BCUT2D eigenvalue weighted by Crippen LogP contribution is -2.59. The maximum Gasteiger partial charge on any atom is 0.348 e. The van der Waals surface area contributed by atoms with E-state index in [1.807, 2.05) is 40.1 Å². The van der Waals surface area contributed by atoms with Crippen LogP contribution in [0.15, 0.2) is 44.1 Å². The minimum atomic E-state index is -0.724. The molecular formula is C32H41Br2N8O3S. The van der Waals surface area contributed by atoms with Crippen LogP contribution in [0, 0.1) is 0 Å². The summed E-state index contributed by atoms with van der Waals surface area (Å²) in [5, 5.41) is 11.3. The lowest BCUT2D eigenvalue weighted by Gasteiger charge is -2.43. The number of piperazine rings is 1. The van der Waals surface area contributed by atoms with Gasteiger partial charge in [-0.1, -0.05) is 0 Å². The van der Waals surface area contributed by atoms with Gasteiger partial charge in [0, 0.05) is 83.9 Å². The maximum atomic E-state index is 14.0. The van der Waals surface area contributed by atoms with E-state index >= 15 is 0 Å². The second-order valence-electron chi connectivity index (χ2n) is 12.6. The number of nitrogen functional groups attached to an aromatic ring is 1. The predicted octanol–water partition coefficient (Wildman–Crippen LogP) is 4.22. The number of halogens is 2. The number of carbonyl (C=O) groups excluding carboxylic acids is 3. The third kappa shape index (κ3) is 7.56. The fourth-order valence-electron chi connectivity index (χ4n) is 6.85. The molecule has 1 aromatic carbocycles. The summed E-state index contributed by atoms with van der Waals surface area (Å²) in [6.45, 7) is 6.17. The Bertz CT molecular complexity index is 1430. The molecule has 4 aliphatic rings. The van der Waals surface area contributed by atoms with Crippen molar-refractivity contribution in [3.63, 3.8) is 0 Å². The largest absolute Gasteiger partial charge is 0.397 e. The van der Waals surface area contributed by atoms with E-state index in [-0.39, 0.29) is 24.0 Å². The minimum absolute atomic E-state index is 0.0285. The zero-order valence-corrected chi connectivity index (χ0v) is 30.0. The van der Waals surface area contributed by atoms with Crippen LogP contribution in [0.2, 0.25) is 0 Å². The lowest BCUT2D eigenvalue weighted by atomic mass is 10.0. The van der Waals surface area contributed by atoms with Crippen LogP contribution in [0.1, 0.15) is 36.8 Å². The summed E-state index contributed by atoms with van der Waals surface area (Å²) in [6, 6.07) is 5.07. The molecule has 5 amide bonds. The van der Waals surface area contributed by atoms with Gasteiger partial charge in [-0.25, -0.2) is 9.59 Å². The number of rotatable bonds is 7. The molecule has 1 aromatic heterocycles. The molecule has 1 radical (unpaired) electrons. The van der Waals surface area contributed by atoms with Gasteiger partial charge in [0.15, 0.2) is 0 Å². The highest BCUT2D eigenvalue weighted by atomic mass is 79.9. The van der Waals surface area contributed by atoms with Crippen molar-refractivity contribution in [3.05, 3.63) is 55.2 Å². The van der Waals surface area contributed by atoms with Gasteiger partial charge in [0.05, 0.1) is 11.4 Å². The molecule has 4 aliphatic heterocycles. The van der Waals surface area contributed by atoms with Gasteiger partial charge < -0.3 is 25.8 Å². The van der Waals surface area contributed by atoms with Gasteiger partial charge in [-0.3, -0.25) is 14.6 Å². The Morgan fingerprint density at radius 2 is 1.63 bits per heavy atom. The highest BCUT2D eigenvalue weighted by Crippen LogP contribution is 2.31. The number of hydrogen-bond donors (Lipinski definition) is 2. The maximum absolute atomic E-state index is 14.0. The van der Waals surface area contributed by atoms with Gasteiger partial charge in [0.25, 0.3) is 0 Å². The van der Waals surface area contributed by atoms with Gasteiger partial charge in [0.1, 0.15) is 6.04 Å². The molecule has 5 heterocycles. The molecule has 0 unspecified atom stereocenters. The number of likely N-dealkylation sites (tertiary alicyclic amines) is 2. The normalized spacial score (nSPS) is 21.3. The van der Waals surface area contributed by atoms with Gasteiger partial charge in [-0.05, 0) is 107 Å². The smallest absolute Gasteiger partial charge is 0.348 e. The topological polar surface area (TPSA) is 120 Å². The molecule has 1 atom stereocenters. The fraction of sp³-hybridized carbons (Fsp3) is 0.531. The average Bonchev–Trinajstić information content (AvgIpc) is 3.74. The average molecular weight is 778 g/mol. The minimum Gasteiger partial charge on any atom is -0.397 e. The number of thiophene rings is 1. The molecule has 11 nitrogen and oxygen atoms in total. The highest BCUT2D eigenvalue weighted by Gasteiger charge is 2.36. The van der Waals surface area contributed by atoms with Crippen LogP contribution in [0.4, 0.5) is 15.3 Å². The molecular weight excluding hydrogens is 736 g/mol. The van der Waals surface area contributed by atoms with Crippen molar-refractivity contribution in [3.8, 4) is 0 Å². The zero-order chi connectivity index (χ0) is 32.4. The van der Waals surface area contributed by atoms with E-state index in [1.165, 1.54) is 0 Å². The predicted molar refractivity (Wildman–Crippen MR) is 187 cm³/mol. The SMILES string of the molecule is CN1CCC(N2CCN(C(=O)[C@@H](Cc3cc(Br)c(N)c(Br)c3)NC(=O)N3CCC(N4C=C(c5ccsc5)[N]C4=O)CC3)CC2)CC1. The van der Waals surface area contributed by atoms with Crippen molar-refractivity contribution in [2.24, 2.45) is 0 Å². The number of urea groups is 2. The Morgan fingerprint density at radius 1 is 0.978 bits per heavy atom. The summed E-state index contributed by atoms with van der Waals surface area (Å²) in [5.41, 5.74) is 9.23. The van der Waals surface area contributed by atoms with Crippen LogP contribution < -0.4 is 16.4 Å². The van der Waals surface area contributed by atoms with Crippen molar-refractivity contribution in [1.82, 2.24) is 35.1 Å². The number of nitrogens with two attached hydrogens (primary N) is 1. The molecule has 2 aromatic rings. The molecule has 0 bridgehead atoms. The second-order valence-corrected chi connectivity index (χ2v) is 15.1. The summed E-state index contributed by atoms with van der Waals surface area (Å²) in [6.07, 6.45) is 5.76. The fourth-order valence-corrected chi connectivity index (χ4v) is 8.78. The number of benzene rings is 1. The summed E-state index contributed by atoms with van der Waals surface area (Å²) in [4.78, 5) is 50.6. The molecule has 3 saturated heterocycles. The first-order valence-electron chi connectivity index (χ1n) is 15.9. The van der Waals surface area contributed by atoms with Gasteiger partial charge in [-0.2, -0.15) is 16.7 Å². The standard InChI is InChI=1S/C32H41Br2N8O3S/c1-38-7-2-23(3-8-38)39-11-13-40(14-12-39)30(43)27(18-21-16-25(33)29(35)26(34)17-21)36-31(44)41-9-4-24(5-10-41)42-19-28(37-32(42)45)22-6-15-46-20-22/h6,15-17,19-20,23-24,27H,2-5,7-14,18,35H2,1H3,(H,36,44)/t27-/m1/s1. The Morgan fingerprint density at radius 3 is 2.26 bits per heavy atom. The van der Waals surface area contributed by atoms with Crippen LogP contribution in [-0.2, 0) is 11.2 Å². The molecule has 0 spiro atoms. The first-order chi connectivity index (χ1) is 22.2. The Kier molecular flexibility index (Phi) is 10.6. The van der Waals surface area contributed by atoms with Gasteiger partial charge >= 0.3 is 12.1 Å². The van der Waals surface area contributed by atoms with Crippen LogP contribution in [-0.4, -0.2) is 120 Å². The number of anilines is 1. The Labute approximate surface area is 291 Å². The molecule has 14 heteroatoms. The van der Waals surface area contributed by atoms with E-state index in [0.29, 0.717) is 62.9 Å². The molecule has 3 N–H and O–H groups in total. The van der Waals surface area contributed by atoms with Crippen LogP contribution in [0.25, 0.3) is 5.70 Å². The number of piperidine rings is 2. The number of nitrogens with one attached hydrogen (secondary N) is 1. The van der Waals surface area contributed by atoms with E-state index in [2.05, 4.69) is 59.3 Å². The quantitative estimate of drug-likeness (QED) is 0.407. The van der Waals surface area contributed by atoms with Crippen LogP contribution in [0.5, 0.6) is 0 Å². The molecule has 0 saturated carbocycles. The van der Waals surface area contributed by atoms with E-state index in [9.17, 15) is 14.4 Å². The first kappa shape index (κ1) is 33.3. The van der Waals surface area contributed by atoms with Crippen molar-refractivity contribution < 1.29 is 14.4 Å². The lowest BCUT2D eigenvalue weighted by molar-refractivity contribution is -0.135. The molecule has 46 heavy (non-hydrogen) atoms. The van der Waals surface area contributed by atoms with Crippen molar-refractivity contribution in [2.45, 2.75) is 50.2 Å². The summed E-state index contributed by atoms with van der Waals surface area (Å²) >= 11 is 8.61. The second kappa shape index (κ2) is 14.6. The third-order valence-electron chi connectivity index (χ3n) is 9.67.